The molecule has 86 valence electrons. The highest BCUT2D eigenvalue weighted by molar-refractivity contribution is 8.06. The van der Waals surface area contributed by atoms with Gasteiger partial charge in [-0.25, -0.2) is 0 Å². The minimum absolute atomic E-state index is 0.399. The van der Waals surface area contributed by atoms with Crippen molar-refractivity contribution in [2.75, 3.05) is 30.3 Å². The van der Waals surface area contributed by atoms with E-state index in [4.69, 9.17) is 4.74 Å². The van der Waals surface area contributed by atoms with E-state index in [1.165, 1.54) is 23.7 Å². The molecule has 2 aliphatic heterocycles. The van der Waals surface area contributed by atoms with E-state index >= 15 is 0 Å². The summed E-state index contributed by atoms with van der Waals surface area (Å²) in [6, 6.07) is 0. The molecular weight excluding hydrogens is 226 g/mol. The monoisotopic (exact) mass is 245 g/mol. The molecule has 1 fully saturated rings. The lowest BCUT2D eigenvalue weighted by molar-refractivity contribution is 0.123. The van der Waals surface area contributed by atoms with Crippen molar-refractivity contribution in [1.29, 1.82) is 0 Å². The van der Waals surface area contributed by atoms with Crippen LogP contribution in [0.3, 0.4) is 0 Å². The number of hydrogen-bond acceptors (Lipinski definition) is 4. The van der Waals surface area contributed by atoms with E-state index in [2.05, 4.69) is 34.9 Å². The predicted molar refractivity (Wildman–Crippen MR) is 69.7 cm³/mol. The Morgan fingerprint density at radius 2 is 2.33 bits per heavy atom. The third kappa shape index (κ3) is 4.29. The number of allylic oxidation sites excluding steroid dienone is 1. The summed E-state index contributed by atoms with van der Waals surface area (Å²) in [5, 5.41) is 4.34. The second-order valence-corrected chi connectivity index (χ2v) is 6.49. The summed E-state index contributed by atoms with van der Waals surface area (Å²) in [6.45, 7) is 2.15. The quantitative estimate of drug-likeness (QED) is 0.818. The normalized spacial score (nSPS) is 31.2. The highest BCUT2D eigenvalue weighted by Gasteiger charge is 2.15. The van der Waals surface area contributed by atoms with Crippen molar-refractivity contribution < 1.29 is 4.74 Å². The van der Waals surface area contributed by atoms with Gasteiger partial charge in [0.2, 0.25) is 0 Å². The van der Waals surface area contributed by atoms with Crippen molar-refractivity contribution in [3.63, 3.8) is 0 Å². The molecule has 1 saturated heterocycles. The van der Waals surface area contributed by atoms with Gasteiger partial charge in [-0.15, -0.1) is 0 Å². The molecular formula is C11H19NOS2. The topological polar surface area (TPSA) is 21.3 Å². The van der Waals surface area contributed by atoms with Crippen LogP contribution in [0.2, 0.25) is 0 Å². The molecule has 4 heteroatoms. The molecule has 0 bridgehead atoms. The van der Waals surface area contributed by atoms with Crippen LogP contribution < -0.4 is 5.32 Å². The van der Waals surface area contributed by atoms with E-state index in [1.54, 1.807) is 0 Å². The Hall–Kier alpha value is 0.200. The molecule has 1 N–H and O–H groups in total. The second kappa shape index (κ2) is 6.71. The Bertz CT molecular complexity index is 205. The third-order valence-corrected chi connectivity index (χ3v) is 5.50. The van der Waals surface area contributed by atoms with Crippen molar-refractivity contribution in [1.82, 2.24) is 5.32 Å². The summed E-state index contributed by atoms with van der Waals surface area (Å²) in [4.78, 5) is 0. The van der Waals surface area contributed by atoms with Crippen LogP contribution in [-0.2, 0) is 4.74 Å². The zero-order chi connectivity index (χ0) is 10.3. The first-order valence-corrected chi connectivity index (χ1v) is 7.86. The fourth-order valence-electron chi connectivity index (χ4n) is 1.79. The van der Waals surface area contributed by atoms with Crippen LogP contribution in [0.4, 0.5) is 0 Å². The van der Waals surface area contributed by atoms with E-state index < -0.39 is 0 Å². The van der Waals surface area contributed by atoms with Crippen molar-refractivity contribution in [3.8, 4) is 0 Å². The van der Waals surface area contributed by atoms with Gasteiger partial charge in [0.25, 0.3) is 0 Å². The Balaban J connectivity index is 1.55. The maximum absolute atomic E-state index is 5.51. The van der Waals surface area contributed by atoms with Crippen molar-refractivity contribution in [3.05, 3.63) is 12.3 Å². The fourth-order valence-corrected chi connectivity index (χ4v) is 4.44. The van der Waals surface area contributed by atoms with Crippen molar-refractivity contribution >= 4 is 23.5 Å². The number of ether oxygens (including phenoxy) is 1. The lowest BCUT2D eigenvalue weighted by Crippen LogP contribution is -2.35. The molecule has 2 rings (SSSR count). The molecule has 2 unspecified atom stereocenters. The number of thioether (sulfide) groups is 2. The second-order valence-electron chi connectivity index (χ2n) is 3.93. The first-order chi connectivity index (χ1) is 7.45. The van der Waals surface area contributed by atoms with Crippen LogP contribution in [0, 0.1) is 0 Å². The van der Waals surface area contributed by atoms with Gasteiger partial charge in [-0.2, -0.15) is 23.5 Å². The van der Waals surface area contributed by atoms with Gasteiger partial charge in [0.15, 0.2) is 0 Å². The molecule has 0 aromatic heterocycles. The first kappa shape index (κ1) is 11.7. The minimum Gasteiger partial charge on any atom is -0.497 e. The minimum atomic E-state index is 0.399. The molecule has 2 heterocycles. The summed E-state index contributed by atoms with van der Waals surface area (Å²) in [7, 11) is 0. The van der Waals surface area contributed by atoms with E-state index in [1.807, 2.05) is 6.26 Å². The van der Waals surface area contributed by atoms with Crippen LogP contribution >= 0.6 is 23.5 Å². The molecule has 0 amide bonds. The summed E-state index contributed by atoms with van der Waals surface area (Å²) in [5.74, 6) is 3.96. The number of hydrogen-bond donors (Lipinski definition) is 1. The average Bonchev–Trinajstić information content (AvgIpc) is 2.32. The molecule has 0 spiro atoms. The van der Waals surface area contributed by atoms with E-state index in [0.29, 0.717) is 6.10 Å². The molecule has 2 atom stereocenters. The Morgan fingerprint density at radius 3 is 3.07 bits per heavy atom. The largest absolute Gasteiger partial charge is 0.497 e. The van der Waals surface area contributed by atoms with E-state index in [0.717, 1.165) is 24.8 Å². The Kier molecular flexibility index (Phi) is 5.23. The summed E-state index contributed by atoms with van der Waals surface area (Å²) in [6.07, 6.45) is 6.68. The van der Waals surface area contributed by atoms with Crippen molar-refractivity contribution in [2.24, 2.45) is 0 Å². The Labute approximate surface area is 101 Å². The van der Waals surface area contributed by atoms with Gasteiger partial charge in [-0.3, -0.25) is 0 Å². The Morgan fingerprint density at radius 1 is 1.33 bits per heavy atom. The fraction of sp³-hybridized carbons (Fsp3) is 0.818. The molecule has 0 aromatic carbocycles. The highest BCUT2D eigenvalue weighted by Crippen LogP contribution is 2.23. The van der Waals surface area contributed by atoms with E-state index in [-0.39, 0.29) is 0 Å². The highest BCUT2D eigenvalue weighted by atomic mass is 32.2. The maximum atomic E-state index is 5.51. The molecule has 15 heavy (non-hydrogen) atoms. The van der Waals surface area contributed by atoms with Gasteiger partial charge in [0, 0.05) is 35.6 Å². The van der Waals surface area contributed by atoms with Crippen LogP contribution in [-0.4, -0.2) is 41.7 Å². The molecule has 0 aromatic rings. The standard InChI is InChI=1S/C11H19NOS2/c1-2-4-13-10(3-1)7-12-8-11-9-14-5-6-15-11/h2,4,10-12H,1,3,5-9H2. The lowest BCUT2D eigenvalue weighted by atomic mass is 10.1. The van der Waals surface area contributed by atoms with Crippen LogP contribution in [0.15, 0.2) is 12.3 Å². The zero-order valence-electron chi connectivity index (χ0n) is 8.98. The van der Waals surface area contributed by atoms with E-state index in [9.17, 15) is 0 Å². The van der Waals surface area contributed by atoms with Crippen LogP contribution in [0.5, 0.6) is 0 Å². The molecule has 0 aliphatic carbocycles. The van der Waals surface area contributed by atoms with Gasteiger partial charge >= 0.3 is 0 Å². The summed E-state index contributed by atoms with van der Waals surface area (Å²) >= 11 is 4.20. The SMILES string of the molecule is C1=COC(CNCC2CSCCS2)CC1. The predicted octanol–water partition coefficient (Wildman–Crippen LogP) is 2.12. The molecule has 0 saturated carbocycles. The number of rotatable bonds is 4. The van der Waals surface area contributed by atoms with Crippen LogP contribution in [0.1, 0.15) is 12.8 Å². The number of nitrogens with one attached hydrogen (secondary N) is 1. The smallest absolute Gasteiger partial charge is 0.110 e. The zero-order valence-corrected chi connectivity index (χ0v) is 10.6. The molecule has 0 radical (unpaired) electrons. The van der Waals surface area contributed by atoms with Gasteiger partial charge < -0.3 is 10.1 Å². The van der Waals surface area contributed by atoms with Gasteiger partial charge in [0.1, 0.15) is 6.10 Å². The first-order valence-electron chi connectivity index (χ1n) is 5.65. The molecule has 2 nitrogen and oxygen atoms in total. The summed E-state index contributed by atoms with van der Waals surface area (Å²) in [5.41, 5.74) is 0. The maximum Gasteiger partial charge on any atom is 0.110 e. The van der Waals surface area contributed by atoms with Gasteiger partial charge in [-0.1, -0.05) is 0 Å². The van der Waals surface area contributed by atoms with Crippen molar-refractivity contribution in [2.45, 2.75) is 24.2 Å². The van der Waals surface area contributed by atoms with Crippen LogP contribution in [0.25, 0.3) is 0 Å². The lowest BCUT2D eigenvalue weighted by Gasteiger charge is -2.24. The summed E-state index contributed by atoms with van der Waals surface area (Å²) < 4.78 is 5.51. The third-order valence-electron chi connectivity index (χ3n) is 2.65. The molecule has 2 aliphatic rings. The average molecular weight is 245 g/mol. The van der Waals surface area contributed by atoms with Gasteiger partial charge in [0.05, 0.1) is 6.26 Å². The van der Waals surface area contributed by atoms with Gasteiger partial charge in [-0.05, 0) is 18.9 Å².